The number of hydrogen-bond acceptors (Lipinski definition) is 4. The first-order chi connectivity index (χ1) is 12.8. The fourth-order valence-electron chi connectivity index (χ4n) is 3.09. The predicted molar refractivity (Wildman–Crippen MR) is 104 cm³/mol. The van der Waals surface area contributed by atoms with E-state index in [4.69, 9.17) is 11.6 Å². The van der Waals surface area contributed by atoms with Gasteiger partial charge in [0.15, 0.2) is 5.78 Å². The van der Waals surface area contributed by atoms with E-state index in [0.717, 1.165) is 11.1 Å². The molecule has 2 aromatic rings. The lowest BCUT2D eigenvalue weighted by molar-refractivity contribution is -0.114. The number of nitrogens with one attached hydrogen (secondary N) is 1. The van der Waals surface area contributed by atoms with E-state index in [9.17, 15) is 18.3 Å². The summed E-state index contributed by atoms with van der Waals surface area (Å²) in [4.78, 5) is 11.6. The Morgan fingerprint density at radius 2 is 1.81 bits per heavy atom. The summed E-state index contributed by atoms with van der Waals surface area (Å²) >= 11 is 5.79. The monoisotopic (exact) mass is 405 g/mol. The standard InChI is InChI=1S/C20H20ClNO4S/c21-17-4-6-19(7-5-17)27(25,26)22-9-8-14-2-1-3-15(10-14)11-16-12-18(23)13-20(16)24/h1-7,10,13,16,22,24H,8-9,11-12H2. The average molecular weight is 406 g/mol. The van der Waals surface area contributed by atoms with E-state index in [1.165, 1.54) is 30.3 Å². The van der Waals surface area contributed by atoms with Gasteiger partial charge in [-0.2, -0.15) is 0 Å². The third-order valence-electron chi connectivity index (χ3n) is 4.48. The summed E-state index contributed by atoms with van der Waals surface area (Å²) in [6.45, 7) is 0.265. The topological polar surface area (TPSA) is 83.5 Å². The smallest absolute Gasteiger partial charge is 0.240 e. The van der Waals surface area contributed by atoms with E-state index < -0.39 is 10.0 Å². The van der Waals surface area contributed by atoms with Crippen molar-refractivity contribution in [3.63, 3.8) is 0 Å². The van der Waals surface area contributed by atoms with E-state index in [1.54, 1.807) is 0 Å². The first-order valence-electron chi connectivity index (χ1n) is 8.60. The molecule has 0 aromatic heterocycles. The van der Waals surface area contributed by atoms with Crippen molar-refractivity contribution in [2.45, 2.75) is 24.2 Å². The highest BCUT2D eigenvalue weighted by Gasteiger charge is 2.24. The molecule has 0 bridgehead atoms. The maximum atomic E-state index is 12.3. The number of hydrogen-bond donors (Lipinski definition) is 2. The number of aliphatic hydroxyl groups is 1. The molecule has 0 aliphatic heterocycles. The zero-order valence-corrected chi connectivity index (χ0v) is 16.1. The summed E-state index contributed by atoms with van der Waals surface area (Å²) < 4.78 is 27.1. The first-order valence-corrected chi connectivity index (χ1v) is 10.5. The Balaban J connectivity index is 1.58. The molecule has 1 atom stereocenters. The van der Waals surface area contributed by atoms with Crippen molar-refractivity contribution in [3.8, 4) is 0 Å². The van der Waals surface area contributed by atoms with Crippen LogP contribution in [0.4, 0.5) is 0 Å². The molecule has 0 fully saturated rings. The number of ketones is 1. The van der Waals surface area contributed by atoms with E-state index >= 15 is 0 Å². The number of rotatable bonds is 7. The molecule has 0 saturated heterocycles. The molecule has 0 spiro atoms. The molecule has 0 saturated carbocycles. The molecule has 1 aliphatic rings. The van der Waals surface area contributed by atoms with Gasteiger partial charge in [0, 0.05) is 30.0 Å². The predicted octanol–water partition coefficient (Wildman–Crippen LogP) is 3.43. The van der Waals surface area contributed by atoms with Gasteiger partial charge in [-0.15, -0.1) is 0 Å². The van der Waals surface area contributed by atoms with Crippen molar-refractivity contribution >= 4 is 27.4 Å². The van der Waals surface area contributed by atoms with Gasteiger partial charge in [0.25, 0.3) is 0 Å². The van der Waals surface area contributed by atoms with Crippen LogP contribution in [0.15, 0.2) is 65.3 Å². The minimum absolute atomic E-state index is 0.0507. The Morgan fingerprint density at radius 1 is 1.11 bits per heavy atom. The second-order valence-electron chi connectivity index (χ2n) is 6.56. The SMILES string of the molecule is O=C1C=C(O)C(Cc2cccc(CCNS(=O)(=O)c3ccc(Cl)cc3)c2)C1. The lowest BCUT2D eigenvalue weighted by atomic mass is 9.96. The third-order valence-corrected chi connectivity index (χ3v) is 6.21. The molecule has 5 nitrogen and oxygen atoms in total. The van der Waals surface area contributed by atoms with Crippen LogP contribution in [-0.2, 0) is 27.7 Å². The molecule has 142 valence electrons. The van der Waals surface area contributed by atoms with E-state index in [2.05, 4.69) is 4.72 Å². The van der Waals surface area contributed by atoms with Gasteiger partial charge in [-0.1, -0.05) is 35.9 Å². The van der Waals surface area contributed by atoms with Crippen molar-refractivity contribution in [1.29, 1.82) is 0 Å². The van der Waals surface area contributed by atoms with Gasteiger partial charge in [0.2, 0.25) is 10.0 Å². The van der Waals surface area contributed by atoms with Gasteiger partial charge < -0.3 is 5.11 Å². The highest BCUT2D eigenvalue weighted by molar-refractivity contribution is 7.89. The molecule has 0 amide bonds. The van der Waals surface area contributed by atoms with E-state index in [1.807, 2.05) is 24.3 Å². The number of aliphatic hydroxyl groups excluding tert-OH is 1. The summed E-state index contributed by atoms with van der Waals surface area (Å²) in [5.41, 5.74) is 1.99. The number of carbonyl (C=O) groups excluding carboxylic acids is 1. The van der Waals surface area contributed by atoms with Gasteiger partial charge >= 0.3 is 0 Å². The summed E-state index contributed by atoms with van der Waals surface area (Å²) in [6, 6.07) is 13.8. The van der Waals surface area contributed by atoms with Gasteiger partial charge in [0.1, 0.15) is 0 Å². The molecular formula is C20H20ClNO4S. The van der Waals surface area contributed by atoms with Crippen LogP contribution < -0.4 is 4.72 Å². The van der Waals surface area contributed by atoms with Gasteiger partial charge in [0.05, 0.1) is 10.7 Å². The zero-order valence-electron chi connectivity index (χ0n) is 14.6. The Labute approximate surface area is 163 Å². The number of allylic oxidation sites excluding steroid dienone is 2. The molecule has 1 unspecified atom stereocenters. The summed E-state index contributed by atoms with van der Waals surface area (Å²) in [6.07, 6.45) is 2.74. The van der Waals surface area contributed by atoms with Crippen molar-refractivity contribution in [1.82, 2.24) is 4.72 Å². The van der Waals surface area contributed by atoms with E-state index in [-0.39, 0.29) is 28.9 Å². The minimum atomic E-state index is -3.58. The Bertz CT molecular complexity index is 968. The van der Waals surface area contributed by atoms with Crippen molar-refractivity contribution in [3.05, 3.63) is 76.5 Å². The van der Waals surface area contributed by atoms with E-state index in [0.29, 0.717) is 24.3 Å². The number of carbonyl (C=O) groups is 1. The fourth-order valence-corrected chi connectivity index (χ4v) is 4.25. The Kier molecular flexibility index (Phi) is 5.99. The molecular weight excluding hydrogens is 386 g/mol. The highest BCUT2D eigenvalue weighted by Crippen LogP contribution is 2.25. The molecule has 7 heteroatoms. The zero-order chi connectivity index (χ0) is 19.4. The van der Waals surface area contributed by atoms with Crippen LogP contribution in [0.1, 0.15) is 17.5 Å². The second kappa shape index (κ2) is 8.25. The quantitative estimate of drug-likeness (QED) is 0.739. The maximum absolute atomic E-state index is 12.3. The van der Waals surface area contributed by atoms with Crippen LogP contribution in [0.5, 0.6) is 0 Å². The van der Waals surface area contributed by atoms with Crippen LogP contribution in [0.2, 0.25) is 5.02 Å². The first kappa shape index (κ1) is 19.6. The normalized spacial score (nSPS) is 17.1. The van der Waals surface area contributed by atoms with Gasteiger partial charge in [-0.05, 0) is 48.2 Å². The van der Waals surface area contributed by atoms with Crippen LogP contribution in [0.25, 0.3) is 0 Å². The summed E-state index contributed by atoms with van der Waals surface area (Å²) in [5.74, 6) is -0.0810. The Hall–Kier alpha value is -2.15. The molecule has 0 radical (unpaired) electrons. The summed E-state index contributed by atoms with van der Waals surface area (Å²) in [7, 11) is -3.58. The van der Waals surface area contributed by atoms with Crippen LogP contribution in [0, 0.1) is 5.92 Å². The molecule has 1 aliphatic carbocycles. The highest BCUT2D eigenvalue weighted by atomic mass is 35.5. The van der Waals surface area contributed by atoms with Crippen LogP contribution >= 0.6 is 11.6 Å². The maximum Gasteiger partial charge on any atom is 0.240 e. The van der Waals surface area contributed by atoms with Gasteiger partial charge in [-0.3, -0.25) is 4.79 Å². The van der Waals surface area contributed by atoms with Crippen molar-refractivity contribution < 1.29 is 18.3 Å². The van der Waals surface area contributed by atoms with Crippen molar-refractivity contribution in [2.75, 3.05) is 6.54 Å². The van der Waals surface area contributed by atoms with Gasteiger partial charge in [-0.25, -0.2) is 13.1 Å². The van der Waals surface area contributed by atoms with Crippen LogP contribution in [0.3, 0.4) is 0 Å². The molecule has 0 heterocycles. The Morgan fingerprint density at radius 3 is 2.48 bits per heavy atom. The molecule has 2 N–H and O–H groups in total. The lowest BCUT2D eigenvalue weighted by Gasteiger charge is -2.11. The van der Waals surface area contributed by atoms with Crippen LogP contribution in [-0.4, -0.2) is 25.9 Å². The lowest BCUT2D eigenvalue weighted by Crippen LogP contribution is -2.26. The molecule has 27 heavy (non-hydrogen) atoms. The number of halogens is 1. The molecule has 2 aromatic carbocycles. The third kappa shape index (κ3) is 5.19. The number of sulfonamides is 1. The summed E-state index contributed by atoms with van der Waals surface area (Å²) in [5, 5.41) is 10.3. The average Bonchev–Trinajstić information content (AvgIpc) is 2.92. The minimum Gasteiger partial charge on any atom is -0.512 e. The largest absolute Gasteiger partial charge is 0.512 e. The second-order valence-corrected chi connectivity index (χ2v) is 8.77. The van der Waals surface area contributed by atoms with Crippen molar-refractivity contribution in [2.24, 2.45) is 5.92 Å². The molecule has 3 rings (SSSR count). The fraction of sp³-hybridized carbons (Fsp3) is 0.250. The number of benzene rings is 2.